The van der Waals surface area contributed by atoms with Gasteiger partial charge in [-0.3, -0.25) is 0 Å². The fraction of sp³-hybridized carbons (Fsp3) is 0.333. The first-order valence-electron chi connectivity index (χ1n) is 8.72. The fourth-order valence-electron chi connectivity index (χ4n) is 3.23. The van der Waals surface area contributed by atoms with Gasteiger partial charge in [-0.25, -0.2) is 9.78 Å². The van der Waals surface area contributed by atoms with Gasteiger partial charge in [-0.15, -0.1) is 11.3 Å². The van der Waals surface area contributed by atoms with Crippen LogP contribution in [0.2, 0.25) is 0 Å². The molecule has 3 aromatic rings. The molecule has 2 aromatic heterocycles. The summed E-state index contributed by atoms with van der Waals surface area (Å²) >= 11 is 1.63. The number of hydrogen-bond acceptors (Lipinski definition) is 6. The Labute approximate surface area is 162 Å². The number of thiophene rings is 1. The molecule has 0 spiro atoms. The predicted octanol–water partition coefficient (Wildman–Crippen LogP) is 5.08. The van der Waals surface area contributed by atoms with Crippen LogP contribution in [0.3, 0.4) is 0 Å². The highest BCUT2D eigenvalue weighted by Crippen LogP contribution is 2.42. The normalized spacial score (nSPS) is 10.9. The van der Waals surface area contributed by atoms with Gasteiger partial charge in [0.1, 0.15) is 4.83 Å². The summed E-state index contributed by atoms with van der Waals surface area (Å²) in [6.07, 6.45) is 0. The first-order valence-corrected chi connectivity index (χ1v) is 9.54. The third-order valence-corrected chi connectivity index (χ3v) is 5.75. The highest BCUT2D eigenvalue weighted by molar-refractivity contribution is 7.18. The Bertz CT molecular complexity index is 1020. The minimum Gasteiger partial charge on any atom is -0.493 e. The average molecular weight is 385 g/mol. The molecule has 2 heterocycles. The van der Waals surface area contributed by atoms with Gasteiger partial charge in [0.15, 0.2) is 11.5 Å². The smallest absolute Gasteiger partial charge is 0.340 e. The SMILES string of the molecule is CCOC(=O)c1c(C)nc2sc(C)c(C)c2c1-c1ccc(OC)c(OC)c1. The van der Waals surface area contributed by atoms with E-state index in [1.54, 1.807) is 32.5 Å². The summed E-state index contributed by atoms with van der Waals surface area (Å²) in [7, 11) is 3.20. The maximum Gasteiger partial charge on any atom is 0.340 e. The van der Waals surface area contributed by atoms with Gasteiger partial charge in [-0.05, 0) is 51.0 Å². The Morgan fingerprint density at radius 3 is 2.44 bits per heavy atom. The summed E-state index contributed by atoms with van der Waals surface area (Å²) in [4.78, 5) is 19.6. The molecule has 0 aliphatic rings. The van der Waals surface area contributed by atoms with Crippen LogP contribution in [0.1, 0.15) is 33.4 Å². The highest BCUT2D eigenvalue weighted by atomic mass is 32.1. The molecule has 0 radical (unpaired) electrons. The summed E-state index contributed by atoms with van der Waals surface area (Å²) in [5, 5.41) is 0.985. The van der Waals surface area contributed by atoms with Crippen LogP contribution in [-0.4, -0.2) is 31.8 Å². The molecule has 0 atom stereocenters. The number of carbonyl (C=O) groups is 1. The molecule has 142 valence electrons. The van der Waals surface area contributed by atoms with Crippen molar-refractivity contribution in [3.05, 3.63) is 39.9 Å². The first-order chi connectivity index (χ1) is 12.9. The summed E-state index contributed by atoms with van der Waals surface area (Å²) in [5.74, 6) is 0.883. The highest BCUT2D eigenvalue weighted by Gasteiger charge is 2.25. The standard InChI is InChI=1S/C21H23NO4S/c1-7-26-21(23)18-12(3)22-20-17(11(2)13(4)27-20)19(18)14-8-9-15(24-5)16(10-14)25-6/h8-10H,7H2,1-6H3. The summed E-state index contributed by atoms with van der Waals surface area (Å²) in [6, 6.07) is 5.67. The molecule has 0 saturated heterocycles. The minimum absolute atomic E-state index is 0.309. The summed E-state index contributed by atoms with van der Waals surface area (Å²) in [6.45, 7) is 8.09. The van der Waals surface area contributed by atoms with E-state index in [9.17, 15) is 4.79 Å². The molecule has 0 N–H and O–H groups in total. The van der Waals surface area contributed by atoms with Crippen molar-refractivity contribution in [1.82, 2.24) is 4.98 Å². The molecule has 0 amide bonds. The van der Waals surface area contributed by atoms with E-state index in [1.165, 1.54) is 4.88 Å². The van der Waals surface area contributed by atoms with Gasteiger partial charge in [0.25, 0.3) is 0 Å². The molecule has 27 heavy (non-hydrogen) atoms. The number of benzene rings is 1. The Kier molecular flexibility index (Phi) is 5.37. The second-order valence-electron chi connectivity index (χ2n) is 6.20. The Balaban J connectivity index is 2.41. The Hall–Kier alpha value is -2.60. The lowest BCUT2D eigenvalue weighted by molar-refractivity contribution is 0.0526. The lowest BCUT2D eigenvalue weighted by atomic mass is 9.94. The van der Waals surface area contributed by atoms with E-state index in [2.05, 4.69) is 18.8 Å². The number of fused-ring (bicyclic) bond motifs is 1. The van der Waals surface area contributed by atoms with Crippen molar-refractivity contribution in [3.8, 4) is 22.6 Å². The van der Waals surface area contributed by atoms with Crippen molar-refractivity contribution >= 4 is 27.5 Å². The van der Waals surface area contributed by atoms with Crippen molar-refractivity contribution in [2.75, 3.05) is 20.8 Å². The summed E-state index contributed by atoms with van der Waals surface area (Å²) in [5.41, 5.74) is 3.98. The number of nitrogens with zero attached hydrogens (tertiary/aromatic N) is 1. The minimum atomic E-state index is -0.363. The van der Waals surface area contributed by atoms with Crippen LogP contribution < -0.4 is 9.47 Å². The monoisotopic (exact) mass is 385 g/mol. The molecule has 6 heteroatoms. The van der Waals surface area contributed by atoms with E-state index in [0.29, 0.717) is 29.4 Å². The van der Waals surface area contributed by atoms with Crippen LogP contribution in [0.15, 0.2) is 18.2 Å². The second kappa shape index (κ2) is 7.56. The molecule has 0 saturated carbocycles. The van der Waals surface area contributed by atoms with Gasteiger partial charge in [-0.2, -0.15) is 0 Å². The van der Waals surface area contributed by atoms with Crippen molar-refractivity contribution in [2.45, 2.75) is 27.7 Å². The van der Waals surface area contributed by atoms with E-state index >= 15 is 0 Å². The Morgan fingerprint density at radius 2 is 1.81 bits per heavy atom. The number of aryl methyl sites for hydroxylation is 3. The van der Waals surface area contributed by atoms with Gasteiger partial charge in [0, 0.05) is 15.8 Å². The maximum atomic E-state index is 12.8. The van der Waals surface area contributed by atoms with Crippen LogP contribution in [-0.2, 0) is 4.74 Å². The number of esters is 1. The number of methoxy groups -OCH3 is 2. The third kappa shape index (κ3) is 3.25. The van der Waals surface area contributed by atoms with Crippen molar-refractivity contribution < 1.29 is 19.0 Å². The summed E-state index contributed by atoms with van der Waals surface area (Å²) < 4.78 is 16.2. The van der Waals surface area contributed by atoms with Crippen LogP contribution in [0.5, 0.6) is 11.5 Å². The molecule has 0 aliphatic carbocycles. The van der Waals surface area contributed by atoms with E-state index < -0.39 is 0 Å². The second-order valence-corrected chi connectivity index (χ2v) is 7.40. The van der Waals surface area contributed by atoms with Gasteiger partial charge >= 0.3 is 5.97 Å². The van der Waals surface area contributed by atoms with Gasteiger partial charge in [-0.1, -0.05) is 6.07 Å². The number of ether oxygens (including phenoxy) is 3. The van der Waals surface area contributed by atoms with E-state index in [1.807, 2.05) is 25.1 Å². The van der Waals surface area contributed by atoms with Gasteiger partial charge < -0.3 is 14.2 Å². The number of carbonyl (C=O) groups excluding carboxylic acids is 1. The molecule has 3 rings (SSSR count). The van der Waals surface area contributed by atoms with E-state index in [4.69, 9.17) is 14.2 Å². The van der Waals surface area contributed by atoms with E-state index in [0.717, 1.165) is 26.9 Å². The van der Waals surface area contributed by atoms with Crippen LogP contribution in [0, 0.1) is 20.8 Å². The quantitative estimate of drug-likeness (QED) is 0.573. The molecule has 0 fully saturated rings. The van der Waals surface area contributed by atoms with E-state index in [-0.39, 0.29) is 5.97 Å². The lowest BCUT2D eigenvalue weighted by Gasteiger charge is -2.16. The predicted molar refractivity (Wildman–Crippen MR) is 108 cm³/mol. The Morgan fingerprint density at radius 1 is 1.11 bits per heavy atom. The zero-order valence-corrected chi connectivity index (χ0v) is 17.2. The fourth-order valence-corrected chi connectivity index (χ4v) is 4.31. The number of aromatic nitrogens is 1. The maximum absolute atomic E-state index is 12.8. The average Bonchev–Trinajstić information content (AvgIpc) is 2.93. The molecular formula is C21H23NO4S. The zero-order chi connectivity index (χ0) is 19.7. The largest absolute Gasteiger partial charge is 0.493 e. The van der Waals surface area contributed by atoms with Crippen molar-refractivity contribution in [3.63, 3.8) is 0 Å². The molecule has 0 aliphatic heterocycles. The van der Waals surface area contributed by atoms with Crippen LogP contribution in [0.25, 0.3) is 21.3 Å². The zero-order valence-electron chi connectivity index (χ0n) is 16.4. The van der Waals surface area contributed by atoms with Crippen LogP contribution in [0.4, 0.5) is 0 Å². The van der Waals surface area contributed by atoms with Crippen molar-refractivity contribution in [2.24, 2.45) is 0 Å². The third-order valence-electron chi connectivity index (χ3n) is 4.65. The van der Waals surface area contributed by atoms with Crippen molar-refractivity contribution in [1.29, 1.82) is 0 Å². The number of hydrogen-bond donors (Lipinski definition) is 0. The van der Waals surface area contributed by atoms with Crippen LogP contribution >= 0.6 is 11.3 Å². The lowest BCUT2D eigenvalue weighted by Crippen LogP contribution is -2.10. The van der Waals surface area contributed by atoms with Gasteiger partial charge in [0.2, 0.25) is 0 Å². The molecular weight excluding hydrogens is 362 g/mol. The topological polar surface area (TPSA) is 57.7 Å². The molecule has 0 bridgehead atoms. The first kappa shape index (κ1) is 19.2. The molecule has 0 unspecified atom stereocenters. The molecule has 1 aromatic carbocycles. The molecule has 5 nitrogen and oxygen atoms in total. The van der Waals surface area contributed by atoms with Gasteiger partial charge in [0.05, 0.1) is 32.1 Å². The number of rotatable bonds is 5. The number of pyridine rings is 1.